The number of aromatic nitrogens is 1. The van der Waals surface area contributed by atoms with Crippen LogP contribution in [0.4, 0.5) is 14.9 Å². The third-order valence-electron chi connectivity index (χ3n) is 1.46. The Morgan fingerprint density at radius 3 is 3.13 bits per heavy atom. The van der Waals surface area contributed by atoms with Crippen LogP contribution in [0.25, 0.3) is 0 Å². The van der Waals surface area contributed by atoms with E-state index in [1.54, 1.807) is 6.20 Å². The average Bonchev–Trinajstić information content (AvgIpc) is 2.63. The van der Waals surface area contributed by atoms with Crippen molar-refractivity contribution in [2.45, 2.75) is 13.3 Å². The van der Waals surface area contributed by atoms with Gasteiger partial charge in [0.2, 0.25) is 0 Å². The van der Waals surface area contributed by atoms with Crippen LogP contribution in [0, 0.1) is 0 Å². The van der Waals surface area contributed by atoms with E-state index in [9.17, 15) is 4.79 Å². The molecule has 1 aromatic rings. The summed E-state index contributed by atoms with van der Waals surface area (Å²) in [6.07, 6.45) is 2.49. The van der Waals surface area contributed by atoms with Crippen LogP contribution in [0.3, 0.4) is 0 Å². The molecule has 0 spiro atoms. The molecule has 0 unspecified atom stereocenters. The highest BCUT2D eigenvalue weighted by atomic mass is 32.1. The van der Waals surface area contributed by atoms with Crippen LogP contribution in [-0.4, -0.2) is 24.7 Å². The van der Waals surface area contributed by atoms with Crippen LogP contribution < -0.4 is 16.1 Å². The van der Waals surface area contributed by atoms with Crippen LogP contribution in [0.15, 0.2) is 6.20 Å². The first kappa shape index (κ1) is 11.7. The maximum atomic E-state index is 11.2. The summed E-state index contributed by atoms with van der Waals surface area (Å²) >= 11 is 1.30. The number of urea groups is 1. The molecule has 1 aromatic heterocycles. The minimum absolute atomic E-state index is 0.241. The molecule has 84 valence electrons. The van der Waals surface area contributed by atoms with Crippen LogP contribution >= 0.6 is 11.3 Å². The van der Waals surface area contributed by atoms with Gasteiger partial charge in [-0.15, -0.1) is 0 Å². The van der Waals surface area contributed by atoms with Crippen molar-refractivity contribution in [2.75, 3.05) is 24.5 Å². The van der Waals surface area contributed by atoms with E-state index in [-0.39, 0.29) is 6.03 Å². The summed E-state index contributed by atoms with van der Waals surface area (Å²) in [5.74, 6) is 0. The summed E-state index contributed by atoms with van der Waals surface area (Å²) in [5, 5.41) is 6.57. The average molecular weight is 230 g/mol. The Hall–Kier alpha value is -1.34. The van der Waals surface area contributed by atoms with E-state index in [2.05, 4.69) is 21.1 Å². The normalized spacial score (nSPS) is 9.73. The van der Waals surface area contributed by atoms with Crippen LogP contribution in [0.2, 0.25) is 0 Å². The summed E-state index contributed by atoms with van der Waals surface area (Å²) in [4.78, 5) is 19.9. The highest BCUT2D eigenvalue weighted by Gasteiger charge is 2.04. The molecule has 1 rings (SSSR count). The van der Waals surface area contributed by atoms with Crippen molar-refractivity contribution < 1.29 is 9.63 Å². The van der Waals surface area contributed by atoms with Gasteiger partial charge >= 0.3 is 6.03 Å². The van der Waals surface area contributed by atoms with Gasteiger partial charge in [-0.25, -0.2) is 9.78 Å². The van der Waals surface area contributed by atoms with Crippen molar-refractivity contribution in [3.05, 3.63) is 6.20 Å². The molecular formula is C8H14N4O2S. The largest absolute Gasteiger partial charge is 0.338 e. The van der Waals surface area contributed by atoms with Gasteiger partial charge in [-0.05, 0) is 6.42 Å². The zero-order valence-corrected chi connectivity index (χ0v) is 9.48. The third kappa shape index (κ3) is 4.13. The molecule has 6 nitrogen and oxygen atoms in total. The summed E-state index contributed by atoms with van der Waals surface area (Å²) in [6, 6.07) is -0.241. The Bertz CT molecular complexity index is 315. The molecule has 0 saturated heterocycles. The molecule has 0 radical (unpaired) electrons. The number of hydrogen-bond acceptors (Lipinski definition) is 5. The Morgan fingerprint density at radius 2 is 2.47 bits per heavy atom. The molecular weight excluding hydrogens is 216 g/mol. The fraction of sp³-hybridized carbons (Fsp3) is 0.500. The molecule has 15 heavy (non-hydrogen) atoms. The van der Waals surface area contributed by atoms with Crippen molar-refractivity contribution in [3.63, 3.8) is 0 Å². The van der Waals surface area contributed by atoms with Gasteiger partial charge in [0.05, 0.1) is 13.3 Å². The summed E-state index contributed by atoms with van der Waals surface area (Å²) in [5.41, 5.74) is 2.63. The summed E-state index contributed by atoms with van der Waals surface area (Å²) in [6.45, 7) is 2.64. The quantitative estimate of drug-likeness (QED) is 0.672. The third-order valence-corrected chi connectivity index (χ3v) is 2.27. The molecule has 2 amide bonds. The van der Waals surface area contributed by atoms with Gasteiger partial charge in [0.1, 0.15) is 5.00 Å². The van der Waals surface area contributed by atoms with E-state index in [0.29, 0.717) is 11.7 Å². The zero-order valence-electron chi connectivity index (χ0n) is 8.66. The first-order chi connectivity index (χ1) is 7.26. The van der Waals surface area contributed by atoms with Crippen molar-refractivity contribution in [2.24, 2.45) is 0 Å². The van der Waals surface area contributed by atoms with E-state index in [4.69, 9.17) is 4.84 Å². The van der Waals surface area contributed by atoms with Gasteiger partial charge in [0.15, 0.2) is 5.13 Å². The fourth-order valence-electron chi connectivity index (χ4n) is 0.860. The Balaban J connectivity index is 2.39. The highest BCUT2D eigenvalue weighted by molar-refractivity contribution is 7.19. The summed E-state index contributed by atoms with van der Waals surface area (Å²) < 4.78 is 0. The topological polar surface area (TPSA) is 75.3 Å². The molecule has 0 aliphatic rings. The number of nitrogens with one attached hydrogen (secondary N) is 3. The lowest BCUT2D eigenvalue weighted by atomic mass is 10.5. The van der Waals surface area contributed by atoms with Gasteiger partial charge in [0.25, 0.3) is 0 Å². The number of rotatable bonds is 5. The van der Waals surface area contributed by atoms with Gasteiger partial charge in [-0.2, -0.15) is 0 Å². The smallest absolute Gasteiger partial charge is 0.321 e. The van der Waals surface area contributed by atoms with Gasteiger partial charge in [0, 0.05) is 6.54 Å². The van der Waals surface area contributed by atoms with Gasteiger partial charge in [-0.1, -0.05) is 18.3 Å². The van der Waals surface area contributed by atoms with Gasteiger partial charge in [-0.3, -0.25) is 15.6 Å². The maximum Gasteiger partial charge on any atom is 0.321 e. The van der Waals surface area contributed by atoms with Crippen molar-refractivity contribution in [1.29, 1.82) is 0 Å². The molecule has 0 aliphatic carbocycles. The first-order valence-corrected chi connectivity index (χ1v) is 5.37. The zero-order chi connectivity index (χ0) is 11.1. The lowest BCUT2D eigenvalue weighted by Crippen LogP contribution is -2.29. The molecule has 0 atom stereocenters. The molecule has 0 aromatic carbocycles. The number of carbonyl (C=O) groups excluding carboxylic acids is 1. The molecule has 1 heterocycles. The first-order valence-electron chi connectivity index (χ1n) is 4.56. The lowest BCUT2D eigenvalue weighted by molar-refractivity contribution is 0.252. The second-order valence-corrected chi connectivity index (χ2v) is 3.75. The highest BCUT2D eigenvalue weighted by Crippen LogP contribution is 2.22. The number of anilines is 2. The number of amides is 2. The minimum Gasteiger partial charge on any atom is -0.338 e. The van der Waals surface area contributed by atoms with Crippen LogP contribution in [0.5, 0.6) is 0 Å². The van der Waals surface area contributed by atoms with Crippen LogP contribution in [-0.2, 0) is 4.84 Å². The molecule has 7 heteroatoms. The minimum atomic E-state index is -0.241. The van der Waals surface area contributed by atoms with E-state index in [1.165, 1.54) is 18.4 Å². The monoisotopic (exact) mass is 230 g/mol. The SMILES string of the molecule is CCCNC(=O)Nc1ncc(NOC)s1. The van der Waals surface area contributed by atoms with E-state index in [0.717, 1.165) is 11.4 Å². The fourth-order valence-corrected chi connectivity index (χ4v) is 1.55. The van der Waals surface area contributed by atoms with Crippen molar-refractivity contribution in [3.8, 4) is 0 Å². The Morgan fingerprint density at radius 1 is 1.67 bits per heavy atom. The molecule has 0 aliphatic heterocycles. The van der Waals surface area contributed by atoms with E-state index < -0.39 is 0 Å². The Kier molecular flexibility index (Phi) is 4.85. The molecule has 3 N–H and O–H groups in total. The maximum absolute atomic E-state index is 11.2. The molecule has 0 saturated carbocycles. The van der Waals surface area contributed by atoms with E-state index >= 15 is 0 Å². The number of carbonyl (C=O) groups is 1. The second kappa shape index (κ2) is 6.20. The molecule has 0 fully saturated rings. The van der Waals surface area contributed by atoms with Crippen LogP contribution in [0.1, 0.15) is 13.3 Å². The standard InChI is InChI=1S/C8H14N4O2S/c1-3-4-9-7(13)11-8-10-5-6(15-8)12-14-2/h5,12H,3-4H2,1-2H3,(H2,9,10,11,13). The number of nitrogens with zero attached hydrogens (tertiary/aromatic N) is 1. The lowest BCUT2D eigenvalue weighted by Gasteiger charge is -2.02. The predicted octanol–water partition coefficient (Wildman–Crippen LogP) is 1.65. The second-order valence-electron chi connectivity index (χ2n) is 2.72. The number of thiazole rings is 1. The Labute approximate surface area is 92.0 Å². The number of hydrogen-bond donors (Lipinski definition) is 3. The van der Waals surface area contributed by atoms with Crippen molar-refractivity contribution in [1.82, 2.24) is 10.3 Å². The van der Waals surface area contributed by atoms with Crippen molar-refractivity contribution >= 4 is 27.5 Å². The molecule has 0 bridgehead atoms. The predicted molar refractivity (Wildman–Crippen MR) is 60.1 cm³/mol. The van der Waals surface area contributed by atoms with Gasteiger partial charge < -0.3 is 5.32 Å². The van der Waals surface area contributed by atoms with E-state index in [1.807, 2.05) is 6.92 Å². The summed E-state index contributed by atoms with van der Waals surface area (Å²) in [7, 11) is 1.51.